The van der Waals surface area contributed by atoms with Crippen molar-refractivity contribution < 1.29 is 4.79 Å². The molecule has 1 aromatic heterocycles. The Hall–Kier alpha value is -2.52. The zero-order valence-electron chi connectivity index (χ0n) is 13.5. The molecule has 1 fully saturated rings. The van der Waals surface area contributed by atoms with Crippen LogP contribution in [0.5, 0.6) is 0 Å². The molecule has 0 radical (unpaired) electrons. The van der Waals surface area contributed by atoms with Gasteiger partial charge in [-0.15, -0.1) is 0 Å². The fourth-order valence-corrected chi connectivity index (χ4v) is 3.07. The Balaban J connectivity index is 1.50. The third-order valence-electron chi connectivity index (χ3n) is 4.32. The number of dihydropyridines is 1. The minimum atomic E-state index is -0.325. The molecule has 24 heavy (non-hydrogen) atoms. The van der Waals surface area contributed by atoms with Crippen molar-refractivity contribution >= 4 is 12.1 Å². The van der Waals surface area contributed by atoms with Crippen LogP contribution in [0, 0.1) is 17.2 Å². The fraction of sp³-hybridized carbons (Fsp3) is 0.444. The maximum atomic E-state index is 12.0. The lowest BCUT2D eigenvalue weighted by molar-refractivity contribution is -0.120. The number of carbonyl (C=O) groups is 1. The van der Waals surface area contributed by atoms with Crippen LogP contribution in [0.4, 0.5) is 0 Å². The smallest absolute Gasteiger partial charge is 0.227 e. The van der Waals surface area contributed by atoms with Gasteiger partial charge in [0.1, 0.15) is 6.17 Å². The molecule has 2 aliphatic heterocycles. The minimum Gasteiger partial charge on any atom is -0.331 e. The van der Waals surface area contributed by atoms with Crippen molar-refractivity contribution in [2.75, 3.05) is 13.1 Å². The van der Waals surface area contributed by atoms with Crippen molar-refractivity contribution in [3.63, 3.8) is 0 Å². The number of nitrogens with zero attached hydrogens (tertiary/aromatic N) is 4. The standard InChI is InChI=1S/C18H21N5O/c19-11-14-4-3-9-23(13-14)16-6-7-17(21-12-16)22-18(24)10-15-5-1-2-8-20-15/h1-2,5-8,12,14,16-17H,3-4,9-10,13H2,(H,22,24). The van der Waals surface area contributed by atoms with E-state index in [0.717, 1.165) is 31.6 Å². The summed E-state index contributed by atoms with van der Waals surface area (Å²) < 4.78 is 0. The highest BCUT2D eigenvalue weighted by molar-refractivity contribution is 5.79. The van der Waals surface area contributed by atoms with Crippen molar-refractivity contribution in [1.29, 1.82) is 5.26 Å². The highest BCUT2D eigenvalue weighted by Crippen LogP contribution is 2.19. The lowest BCUT2D eigenvalue weighted by Crippen LogP contribution is -2.44. The van der Waals surface area contributed by atoms with Crippen LogP contribution in [-0.4, -0.2) is 47.3 Å². The van der Waals surface area contributed by atoms with E-state index >= 15 is 0 Å². The van der Waals surface area contributed by atoms with E-state index in [9.17, 15) is 4.79 Å². The Bertz CT molecular complexity index is 650. The molecule has 1 aromatic rings. The van der Waals surface area contributed by atoms with E-state index < -0.39 is 0 Å². The number of pyridine rings is 1. The van der Waals surface area contributed by atoms with Crippen molar-refractivity contribution in [3.05, 3.63) is 42.2 Å². The number of nitrogens with one attached hydrogen (secondary N) is 1. The second kappa shape index (κ2) is 7.84. The molecule has 2 aliphatic rings. The Kier molecular flexibility index (Phi) is 5.34. The van der Waals surface area contributed by atoms with Gasteiger partial charge < -0.3 is 5.32 Å². The van der Waals surface area contributed by atoms with Gasteiger partial charge in [-0.05, 0) is 37.6 Å². The van der Waals surface area contributed by atoms with E-state index in [1.807, 2.05) is 30.5 Å². The summed E-state index contributed by atoms with van der Waals surface area (Å²) in [5.41, 5.74) is 0.743. The number of hydrogen-bond acceptors (Lipinski definition) is 5. The van der Waals surface area contributed by atoms with E-state index in [-0.39, 0.29) is 30.5 Å². The molecule has 0 aliphatic carbocycles. The van der Waals surface area contributed by atoms with Gasteiger partial charge >= 0.3 is 0 Å². The average Bonchev–Trinajstić information content (AvgIpc) is 2.63. The predicted octanol–water partition coefficient (Wildman–Crippen LogP) is 1.31. The molecule has 3 atom stereocenters. The lowest BCUT2D eigenvalue weighted by atomic mass is 9.98. The molecule has 3 heterocycles. The molecule has 6 nitrogen and oxygen atoms in total. The number of carbonyl (C=O) groups excluding carboxylic acids is 1. The van der Waals surface area contributed by atoms with E-state index in [1.165, 1.54) is 0 Å². The third-order valence-corrected chi connectivity index (χ3v) is 4.32. The Morgan fingerprint density at radius 2 is 2.33 bits per heavy atom. The number of aliphatic imine (C=N–C) groups is 1. The number of rotatable bonds is 4. The van der Waals surface area contributed by atoms with Crippen LogP contribution in [0.1, 0.15) is 18.5 Å². The van der Waals surface area contributed by atoms with E-state index in [1.54, 1.807) is 6.20 Å². The summed E-state index contributed by atoms with van der Waals surface area (Å²) in [6.45, 7) is 1.77. The number of hydrogen-bond donors (Lipinski definition) is 1. The Morgan fingerprint density at radius 1 is 1.42 bits per heavy atom. The molecular formula is C18H21N5O. The summed E-state index contributed by atoms with van der Waals surface area (Å²) in [5, 5.41) is 12.0. The summed E-state index contributed by atoms with van der Waals surface area (Å²) in [7, 11) is 0. The van der Waals surface area contributed by atoms with Crippen molar-refractivity contribution in [2.45, 2.75) is 31.5 Å². The number of aromatic nitrogens is 1. The molecule has 3 unspecified atom stereocenters. The molecule has 0 bridgehead atoms. The van der Waals surface area contributed by atoms with Crippen molar-refractivity contribution in [3.8, 4) is 6.07 Å². The Morgan fingerprint density at radius 3 is 3.04 bits per heavy atom. The van der Waals surface area contributed by atoms with Gasteiger partial charge in [0.15, 0.2) is 0 Å². The first kappa shape index (κ1) is 16.3. The molecule has 1 N–H and O–H groups in total. The maximum absolute atomic E-state index is 12.0. The van der Waals surface area contributed by atoms with Crippen LogP contribution in [0.3, 0.4) is 0 Å². The summed E-state index contributed by atoms with van der Waals surface area (Å²) in [6.07, 6.45) is 9.46. The molecule has 1 amide bonds. The summed E-state index contributed by atoms with van der Waals surface area (Å²) >= 11 is 0. The summed E-state index contributed by atoms with van der Waals surface area (Å²) in [6, 6.07) is 8.00. The van der Waals surface area contributed by atoms with Gasteiger partial charge in [-0.2, -0.15) is 5.26 Å². The van der Waals surface area contributed by atoms with Gasteiger partial charge in [-0.1, -0.05) is 12.1 Å². The number of piperidine rings is 1. The molecular weight excluding hydrogens is 302 g/mol. The van der Waals surface area contributed by atoms with Crippen LogP contribution < -0.4 is 5.32 Å². The monoisotopic (exact) mass is 323 g/mol. The molecule has 0 aromatic carbocycles. The number of likely N-dealkylation sites (tertiary alicyclic amines) is 1. The van der Waals surface area contributed by atoms with Gasteiger partial charge in [-0.3, -0.25) is 19.7 Å². The van der Waals surface area contributed by atoms with E-state index in [0.29, 0.717) is 0 Å². The molecule has 6 heteroatoms. The van der Waals surface area contributed by atoms with Crippen molar-refractivity contribution in [2.24, 2.45) is 10.9 Å². The zero-order valence-corrected chi connectivity index (χ0v) is 13.5. The SMILES string of the molecule is N#CC1CCCN(C2C=CC(NC(=O)Cc3ccccn3)N=C2)C1. The van der Waals surface area contributed by atoms with Crippen LogP contribution >= 0.6 is 0 Å². The van der Waals surface area contributed by atoms with Crippen LogP contribution in [0.15, 0.2) is 41.5 Å². The van der Waals surface area contributed by atoms with Gasteiger partial charge in [0.2, 0.25) is 5.91 Å². The second-order valence-electron chi connectivity index (χ2n) is 6.15. The molecule has 3 rings (SSSR count). The van der Waals surface area contributed by atoms with Gasteiger partial charge in [0.25, 0.3) is 0 Å². The highest BCUT2D eigenvalue weighted by atomic mass is 16.1. The highest BCUT2D eigenvalue weighted by Gasteiger charge is 2.25. The van der Waals surface area contributed by atoms with Crippen molar-refractivity contribution in [1.82, 2.24) is 15.2 Å². The topological polar surface area (TPSA) is 81.4 Å². The summed E-state index contributed by atoms with van der Waals surface area (Å²) in [5.74, 6) is 0.0119. The van der Waals surface area contributed by atoms with E-state index in [2.05, 4.69) is 32.3 Å². The van der Waals surface area contributed by atoms with Crippen LogP contribution in [0.2, 0.25) is 0 Å². The second-order valence-corrected chi connectivity index (χ2v) is 6.15. The fourth-order valence-electron chi connectivity index (χ4n) is 3.07. The van der Waals surface area contributed by atoms with Crippen LogP contribution in [0.25, 0.3) is 0 Å². The van der Waals surface area contributed by atoms with Gasteiger partial charge in [0.05, 0.1) is 24.4 Å². The normalized spacial score (nSPS) is 26.7. The lowest BCUT2D eigenvalue weighted by Gasteiger charge is -2.34. The predicted molar refractivity (Wildman–Crippen MR) is 91.2 cm³/mol. The van der Waals surface area contributed by atoms with Gasteiger partial charge in [-0.25, -0.2) is 0 Å². The minimum absolute atomic E-state index is 0.0959. The van der Waals surface area contributed by atoms with Gasteiger partial charge in [0, 0.05) is 24.7 Å². The quantitative estimate of drug-likeness (QED) is 0.847. The number of amides is 1. The molecule has 0 spiro atoms. The van der Waals surface area contributed by atoms with Crippen LogP contribution in [-0.2, 0) is 11.2 Å². The zero-order chi connectivity index (χ0) is 16.8. The Labute approximate surface area is 141 Å². The third kappa shape index (κ3) is 4.27. The number of nitriles is 1. The first-order chi connectivity index (χ1) is 11.7. The average molecular weight is 323 g/mol. The largest absolute Gasteiger partial charge is 0.331 e. The molecule has 0 saturated carbocycles. The molecule has 1 saturated heterocycles. The maximum Gasteiger partial charge on any atom is 0.227 e. The first-order valence-corrected chi connectivity index (χ1v) is 8.29. The first-order valence-electron chi connectivity index (χ1n) is 8.29. The van der Waals surface area contributed by atoms with E-state index in [4.69, 9.17) is 5.26 Å². The summed E-state index contributed by atoms with van der Waals surface area (Å²) in [4.78, 5) is 22.9. The molecule has 124 valence electrons.